The molecular formula is C11H13N3O2. The van der Waals surface area contributed by atoms with Crippen LogP contribution in [0.5, 0.6) is 0 Å². The number of aryl methyl sites for hydroxylation is 1. The summed E-state index contributed by atoms with van der Waals surface area (Å²) >= 11 is 0. The minimum Gasteiger partial charge on any atom is -0.477 e. The largest absolute Gasteiger partial charge is 0.477 e. The van der Waals surface area contributed by atoms with Crippen LogP contribution in [0.25, 0.3) is 5.65 Å². The van der Waals surface area contributed by atoms with Crippen LogP contribution < -0.4 is 0 Å². The Morgan fingerprint density at radius 1 is 1.50 bits per heavy atom. The average molecular weight is 219 g/mol. The normalized spacial score (nSPS) is 11.2. The number of aromatic carboxylic acids is 1. The number of aromatic nitrogens is 3. The summed E-state index contributed by atoms with van der Waals surface area (Å²) in [5.74, 6) is -0.728. The van der Waals surface area contributed by atoms with Gasteiger partial charge in [-0.15, -0.1) is 0 Å². The molecule has 2 heterocycles. The summed E-state index contributed by atoms with van der Waals surface area (Å²) in [4.78, 5) is 15.2. The Kier molecular flexibility index (Phi) is 2.38. The van der Waals surface area contributed by atoms with Gasteiger partial charge < -0.3 is 5.11 Å². The topological polar surface area (TPSA) is 67.5 Å². The summed E-state index contributed by atoms with van der Waals surface area (Å²) in [6.45, 7) is 5.93. The van der Waals surface area contributed by atoms with Crippen molar-refractivity contribution >= 4 is 11.6 Å². The number of carboxylic acid groups (broad SMARTS) is 1. The Balaban J connectivity index is 2.80. The van der Waals surface area contributed by atoms with Crippen molar-refractivity contribution in [2.75, 3.05) is 0 Å². The third-order valence-electron chi connectivity index (χ3n) is 2.45. The molecular weight excluding hydrogens is 206 g/mol. The van der Waals surface area contributed by atoms with Crippen LogP contribution in [0.3, 0.4) is 0 Å². The maximum Gasteiger partial charge on any atom is 0.341 e. The van der Waals surface area contributed by atoms with Gasteiger partial charge in [0.15, 0.2) is 5.65 Å². The molecule has 16 heavy (non-hydrogen) atoms. The fraction of sp³-hybridized carbons (Fsp3) is 0.364. The molecule has 0 fully saturated rings. The number of rotatable bonds is 2. The van der Waals surface area contributed by atoms with E-state index < -0.39 is 5.97 Å². The van der Waals surface area contributed by atoms with Crippen LogP contribution in [0, 0.1) is 6.92 Å². The van der Waals surface area contributed by atoms with Gasteiger partial charge in [0.1, 0.15) is 5.56 Å². The van der Waals surface area contributed by atoms with E-state index >= 15 is 0 Å². The molecule has 1 N–H and O–H groups in total. The fourth-order valence-electron chi connectivity index (χ4n) is 1.68. The summed E-state index contributed by atoms with van der Waals surface area (Å²) in [7, 11) is 0. The Hall–Kier alpha value is -1.91. The number of fused-ring (bicyclic) bond motifs is 1. The molecule has 0 aromatic carbocycles. The van der Waals surface area contributed by atoms with Crippen molar-refractivity contribution in [1.29, 1.82) is 0 Å². The Morgan fingerprint density at radius 3 is 2.75 bits per heavy atom. The maximum atomic E-state index is 11.0. The molecule has 0 unspecified atom stereocenters. The van der Waals surface area contributed by atoms with Crippen molar-refractivity contribution in [3.05, 3.63) is 29.2 Å². The monoisotopic (exact) mass is 219 g/mol. The van der Waals surface area contributed by atoms with Crippen molar-refractivity contribution in [1.82, 2.24) is 14.6 Å². The number of nitrogens with zero attached hydrogens (tertiary/aromatic N) is 3. The summed E-state index contributed by atoms with van der Waals surface area (Å²) in [5.41, 5.74) is 2.33. The lowest BCUT2D eigenvalue weighted by atomic mass is 10.1. The van der Waals surface area contributed by atoms with Crippen molar-refractivity contribution in [3.8, 4) is 0 Å². The molecule has 0 bridgehead atoms. The summed E-state index contributed by atoms with van der Waals surface area (Å²) < 4.78 is 1.60. The summed E-state index contributed by atoms with van der Waals surface area (Å²) in [5, 5.41) is 13.1. The van der Waals surface area contributed by atoms with E-state index in [1.54, 1.807) is 4.52 Å². The van der Waals surface area contributed by atoms with Gasteiger partial charge in [0.2, 0.25) is 0 Å². The predicted molar refractivity (Wildman–Crippen MR) is 58.8 cm³/mol. The van der Waals surface area contributed by atoms with Crippen LogP contribution >= 0.6 is 0 Å². The lowest BCUT2D eigenvalue weighted by Crippen LogP contribution is -2.05. The summed E-state index contributed by atoms with van der Waals surface area (Å²) in [6.07, 6.45) is 1.34. The molecule has 0 aliphatic carbocycles. The standard InChI is InChI=1S/C11H13N3O2/c1-6(2)9-4-7(3)13-10-8(11(15)16)5-12-14(9)10/h4-6H,1-3H3,(H,15,16). The van der Waals surface area contributed by atoms with Crippen LogP contribution in [-0.4, -0.2) is 25.7 Å². The van der Waals surface area contributed by atoms with E-state index in [4.69, 9.17) is 5.11 Å². The number of carbonyl (C=O) groups is 1. The lowest BCUT2D eigenvalue weighted by molar-refractivity contribution is 0.0699. The van der Waals surface area contributed by atoms with Gasteiger partial charge in [0, 0.05) is 11.4 Å². The van der Waals surface area contributed by atoms with E-state index in [0.29, 0.717) is 5.65 Å². The molecule has 2 rings (SSSR count). The molecule has 2 aromatic rings. The van der Waals surface area contributed by atoms with Crippen LogP contribution in [0.1, 0.15) is 41.5 Å². The van der Waals surface area contributed by atoms with Gasteiger partial charge in [0.25, 0.3) is 0 Å². The smallest absolute Gasteiger partial charge is 0.341 e. The van der Waals surface area contributed by atoms with E-state index in [9.17, 15) is 4.79 Å². The first-order chi connectivity index (χ1) is 7.50. The van der Waals surface area contributed by atoms with Gasteiger partial charge in [-0.05, 0) is 18.9 Å². The molecule has 0 saturated carbocycles. The first-order valence-electron chi connectivity index (χ1n) is 5.09. The first kappa shape index (κ1) is 10.6. The molecule has 0 aliphatic heterocycles. The highest BCUT2D eigenvalue weighted by Gasteiger charge is 2.16. The van der Waals surface area contributed by atoms with E-state index in [1.807, 2.05) is 26.8 Å². The van der Waals surface area contributed by atoms with Gasteiger partial charge >= 0.3 is 5.97 Å². The lowest BCUT2D eigenvalue weighted by Gasteiger charge is -2.08. The minimum atomic E-state index is -0.997. The molecule has 5 heteroatoms. The van der Waals surface area contributed by atoms with Crippen LogP contribution in [-0.2, 0) is 0 Å². The zero-order chi connectivity index (χ0) is 11.9. The minimum absolute atomic E-state index is 0.144. The fourth-order valence-corrected chi connectivity index (χ4v) is 1.68. The van der Waals surface area contributed by atoms with E-state index in [-0.39, 0.29) is 11.5 Å². The molecule has 0 spiro atoms. The highest BCUT2D eigenvalue weighted by Crippen LogP contribution is 2.18. The van der Waals surface area contributed by atoms with Gasteiger partial charge in [0.05, 0.1) is 6.20 Å². The van der Waals surface area contributed by atoms with Crippen LogP contribution in [0.15, 0.2) is 12.3 Å². The zero-order valence-corrected chi connectivity index (χ0v) is 9.43. The molecule has 0 radical (unpaired) electrons. The van der Waals surface area contributed by atoms with Crippen molar-refractivity contribution in [2.24, 2.45) is 0 Å². The number of hydrogen-bond donors (Lipinski definition) is 1. The zero-order valence-electron chi connectivity index (χ0n) is 9.43. The van der Waals surface area contributed by atoms with E-state index in [0.717, 1.165) is 11.4 Å². The van der Waals surface area contributed by atoms with Gasteiger partial charge in [-0.25, -0.2) is 14.3 Å². The second-order valence-corrected chi connectivity index (χ2v) is 4.08. The molecule has 0 aliphatic rings. The van der Waals surface area contributed by atoms with Crippen molar-refractivity contribution in [2.45, 2.75) is 26.7 Å². The highest BCUT2D eigenvalue weighted by atomic mass is 16.4. The van der Waals surface area contributed by atoms with Gasteiger partial charge in [-0.1, -0.05) is 13.8 Å². The SMILES string of the molecule is Cc1cc(C(C)C)n2ncc(C(=O)O)c2n1. The number of hydrogen-bond acceptors (Lipinski definition) is 3. The summed E-state index contributed by atoms with van der Waals surface area (Å²) in [6, 6.07) is 1.93. The average Bonchev–Trinajstić information content (AvgIpc) is 2.59. The van der Waals surface area contributed by atoms with Crippen molar-refractivity contribution < 1.29 is 9.90 Å². The molecule has 0 atom stereocenters. The van der Waals surface area contributed by atoms with Gasteiger partial charge in [-0.3, -0.25) is 0 Å². The van der Waals surface area contributed by atoms with E-state index in [2.05, 4.69) is 10.1 Å². The number of carboxylic acids is 1. The predicted octanol–water partition coefficient (Wildman–Crippen LogP) is 1.86. The Bertz CT molecular complexity index is 558. The Morgan fingerprint density at radius 2 is 2.19 bits per heavy atom. The highest BCUT2D eigenvalue weighted by molar-refractivity contribution is 5.94. The molecule has 0 amide bonds. The molecule has 5 nitrogen and oxygen atoms in total. The quantitative estimate of drug-likeness (QED) is 0.837. The molecule has 84 valence electrons. The van der Waals surface area contributed by atoms with E-state index in [1.165, 1.54) is 6.20 Å². The Labute approximate surface area is 92.7 Å². The third kappa shape index (κ3) is 1.54. The van der Waals surface area contributed by atoms with Crippen molar-refractivity contribution in [3.63, 3.8) is 0 Å². The maximum absolute atomic E-state index is 11.0. The van der Waals surface area contributed by atoms with Crippen LogP contribution in [0.4, 0.5) is 0 Å². The third-order valence-corrected chi connectivity index (χ3v) is 2.45. The molecule has 2 aromatic heterocycles. The van der Waals surface area contributed by atoms with Crippen LogP contribution in [0.2, 0.25) is 0 Å². The first-order valence-corrected chi connectivity index (χ1v) is 5.09. The second-order valence-electron chi connectivity index (χ2n) is 4.08. The van der Waals surface area contributed by atoms with Gasteiger partial charge in [-0.2, -0.15) is 5.10 Å². The molecule has 0 saturated heterocycles. The second kappa shape index (κ2) is 3.59.